The minimum atomic E-state index is -0.753. The summed E-state index contributed by atoms with van der Waals surface area (Å²) in [5.41, 5.74) is 2.02. The van der Waals surface area contributed by atoms with Crippen molar-refractivity contribution in [3.8, 4) is 0 Å². The zero-order valence-electron chi connectivity index (χ0n) is 13.0. The van der Waals surface area contributed by atoms with Gasteiger partial charge in [-0.2, -0.15) is 0 Å². The van der Waals surface area contributed by atoms with Crippen molar-refractivity contribution in [2.75, 3.05) is 5.32 Å². The first-order chi connectivity index (χ1) is 12.0. The highest BCUT2D eigenvalue weighted by atomic mass is 32.1. The maximum absolute atomic E-state index is 13.7. The molecule has 0 aliphatic rings. The van der Waals surface area contributed by atoms with Crippen molar-refractivity contribution in [1.29, 1.82) is 0 Å². The summed E-state index contributed by atoms with van der Waals surface area (Å²) in [5.74, 6) is -1.82. The van der Waals surface area contributed by atoms with Crippen molar-refractivity contribution in [2.24, 2.45) is 0 Å². The van der Waals surface area contributed by atoms with Gasteiger partial charge in [-0.25, -0.2) is 13.8 Å². The Bertz CT molecular complexity index is 1140. The third-order valence-corrected chi connectivity index (χ3v) is 4.64. The number of hydrogen-bond donors (Lipinski definition) is 1. The number of aryl methyl sites for hydroxylation is 1. The third-order valence-electron chi connectivity index (χ3n) is 3.73. The maximum atomic E-state index is 13.7. The summed E-state index contributed by atoms with van der Waals surface area (Å²) in [7, 11) is 0. The van der Waals surface area contributed by atoms with Gasteiger partial charge in [0.2, 0.25) is 0 Å². The first-order valence-corrected chi connectivity index (χ1v) is 8.25. The van der Waals surface area contributed by atoms with E-state index in [2.05, 4.69) is 15.3 Å². The van der Waals surface area contributed by atoms with E-state index in [1.165, 1.54) is 6.07 Å². The Morgan fingerprint density at radius 3 is 2.72 bits per heavy atom. The molecule has 0 saturated carbocycles. The Kier molecular flexibility index (Phi) is 3.65. The highest BCUT2D eigenvalue weighted by Gasteiger charge is 2.14. The lowest BCUT2D eigenvalue weighted by atomic mass is 10.1. The van der Waals surface area contributed by atoms with E-state index in [1.54, 1.807) is 12.1 Å². The lowest BCUT2D eigenvalue weighted by Crippen LogP contribution is -2.11. The van der Waals surface area contributed by atoms with Crippen molar-refractivity contribution in [3.63, 3.8) is 0 Å². The fraction of sp³-hybridized carbons (Fsp3) is 0.0556. The lowest BCUT2D eigenvalue weighted by molar-refractivity contribution is 0.102. The van der Waals surface area contributed by atoms with E-state index in [4.69, 9.17) is 0 Å². The van der Waals surface area contributed by atoms with Crippen LogP contribution in [0.3, 0.4) is 0 Å². The van der Waals surface area contributed by atoms with Crippen LogP contribution in [0.2, 0.25) is 0 Å². The Morgan fingerprint density at radius 1 is 1.08 bits per heavy atom. The molecule has 25 heavy (non-hydrogen) atoms. The summed E-state index contributed by atoms with van der Waals surface area (Å²) < 4.78 is 27.3. The van der Waals surface area contributed by atoms with Crippen LogP contribution in [-0.2, 0) is 0 Å². The van der Waals surface area contributed by atoms with Gasteiger partial charge in [-0.05, 0) is 31.2 Å². The van der Waals surface area contributed by atoms with Crippen LogP contribution < -0.4 is 5.32 Å². The van der Waals surface area contributed by atoms with Crippen LogP contribution in [0.5, 0.6) is 0 Å². The summed E-state index contributed by atoms with van der Waals surface area (Å²) >= 11 is 1.02. The predicted octanol–water partition coefficient (Wildman–Crippen LogP) is 4.68. The van der Waals surface area contributed by atoms with Crippen LogP contribution in [0, 0.1) is 18.6 Å². The molecule has 2 heterocycles. The van der Waals surface area contributed by atoms with Gasteiger partial charge >= 0.3 is 0 Å². The van der Waals surface area contributed by atoms with Crippen molar-refractivity contribution in [1.82, 2.24) is 9.97 Å². The molecule has 4 rings (SSSR count). The minimum absolute atomic E-state index is 0.0394. The van der Waals surface area contributed by atoms with Gasteiger partial charge < -0.3 is 0 Å². The Labute approximate surface area is 145 Å². The third kappa shape index (κ3) is 2.94. The second-order valence-corrected chi connectivity index (χ2v) is 6.60. The molecule has 0 aliphatic carbocycles. The van der Waals surface area contributed by atoms with Crippen LogP contribution >= 0.6 is 11.3 Å². The number of pyridine rings is 1. The van der Waals surface area contributed by atoms with Gasteiger partial charge in [-0.15, -0.1) is 0 Å². The number of nitrogens with one attached hydrogen (secondary N) is 1. The summed E-state index contributed by atoms with van der Waals surface area (Å²) in [4.78, 5) is 20.9. The molecule has 2 aromatic carbocycles. The van der Waals surface area contributed by atoms with Crippen LogP contribution in [0.15, 0.2) is 42.5 Å². The maximum Gasteiger partial charge on any atom is 0.257 e. The fourth-order valence-electron chi connectivity index (χ4n) is 2.54. The smallest absolute Gasteiger partial charge is 0.257 e. The van der Waals surface area contributed by atoms with E-state index in [1.807, 2.05) is 25.1 Å². The number of amides is 1. The number of benzene rings is 2. The van der Waals surface area contributed by atoms with E-state index < -0.39 is 11.6 Å². The second kappa shape index (κ2) is 5.86. The summed E-state index contributed by atoms with van der Waals surface area (Å²) in [6.07, 6.45) is 0. The molecule has 4 nitrogen and oxygen atoms in total. The molecule has 0 aliphatic heterocycles. The molecule has 7 heteroatoms. The molecule has 124 valence electrons. The average Bonchev–Trinajstić information content (AvgIpc) is 2.96. The number of carbonyl (C=O) groups excluding carboxylic acids is 1. The second-order valence-electron chi connectivity index (χ2n) is 5.57. The molecule has 0 bridgehead atoms. The van der Waals surface area contributed by atoms with Gasteiger partial charge in [0.15, 0.2) is 10.9 Å². The number of rotatable bonds is 2. The Morgan fingerprint density at radius 2 is 1.88 bits per heavy atom. The standard InChI is InChI=1S/C18H11F2N3OS/c1-9-2-3-10-4-5-11(6-14(10)21-9)17(24)23-18-22-16-13(20)7-12(19)8-15(16)25-18/h2-8H,1H3,(H,22,23,24). The monoisotopic (exact) mass is 355 g/mol. The number of halogens is 2. The van der Waals surface area contributed by atoms with E-state index in [0.717, 1.165) is 28.5 Å². The van der Waals surface area contributed by atoms with E-state index in [-0.39, 0.29) is 16.6 Å². The van der Waals surface area contributed by atoms with Gasteiger partial charge in [0, 0.05) is 22.7 Å². The Hall–Kier alpha value is -2.93. The lowest BCUT2D eigenvalue weighted by Gasteiger charge is -2.04. The molecule has 1 N–H and O–H groups in total. The molecule has 1 amide bonds. The first kappa shape index (κ1) is 15.6. The first-order valence-electron chi connectivity index (χ1n) is 7.44. The number of aromatic nitrogens is 2. The number of anilines is 1. The van der Waals surface area contributed by atoms with Crippen LogP contribution in [-0.4, -0.2) is 15.9 Å². The molecular weight excluding hydrogens is 344 g/mol. The largest absolute Gasteiger partial charge is 0.298 e. The molecule has 2 aromatic heterocycles. The molecule has 0 fully saturated rings. The number of thiazole rings is 1. The highest BCUT2D eigenvalue weighted by Crippen LogP contribution is 2.29. The van der Waals surface area contributed by atoms with Gasteiger partial charge in [0.1, 0.15) is 11.3 Å². The number of fused-ring (bicyclic) bond motifs is 2. The molecule has 0 spiro atoms. The molecule has 0 atom stereocenters. The topological polar surface area (TPSA) is 54.9 Å². The summed E-state index contributed by atoms with van der Waals surface area (Å²) in [6.45, 7) is 1.88. The molecule has 0 saturated heterocycles. The molecule has 4 aromatic rings. The van der Waals surface area contributed by atoms with Crippen molar-refractivity contribution in [3.05, 3.63) is 65.4 Å². The van der Waals surface area contributed by atoms with Crippen molar-refractivity contribution in [2.45, 2.75) is 6.92 Å². The zero-order chi connectivity index (χ0) is 17.6. The average molecular weight is 355 g/mol. The minimum Gasteiger partial charge on any atom is -0.298 e. The van der Waals surface area contributed by atoms with Crippen LogP contribution in [0.1, 0.15) is 16.1 Å². The van der Waals surface area contributed by atoms with Crippen molar-refractivity contribution >= 4 is 43.5 Å². The van der Waals surface area contributed by atoms with Gasteiger partial charge in [0.25, 0.3) is 5.91 Å². The van der Waals surface area contributed by atoms with Gasteiger partial charge in [-0.1, -0.05) is 23.5 Å². The molecular formula is C18H11F2N3OS. The zero-order valence-corrected chi connectivity index (χ0v) is 13.8. The van der Waals surface area contributed by atoms with E-state index in [0.29, 0.717) is 15.8 Å². The van der Waals surface area contributed by atoms with Gasteiger partial charge in [-0.3, -0.25) is 15.1 Å². The SMILES string of the molecule is Cc1ccc2ccc(C(=O)Nc3nc4c(F)cc(F)cc4s3)cc2n1. The number of hydrogen-bond acceptors (Lipinski definition) is 4. The molecule has 0 unspecified atom stereocenters. The number of carbonyl (C=O) groups is 1. The van der Waals surface area contributed by atoms with Gasteiger partial charge in [0.05, 0.1) is 10.2 Å². The van der Waals surface area contributed by atoms with E-state index >= 15 is 0 Å². The fourth-order valence-corrected chi connectivity index (χ4v) is 3.44. The van der Waals surface area contributed by atoms with E-state index in [9.17, 15) is 13.6 Å². The quantitative estimate of drug-likeness (QED) is 0.568. The predicted molar refractivity (Wildman–Crippen MR) is 94.0 cm³/mol. The molecule has 0 radical (unpaired) electrons. The summed E-state index contributed by atoms with van der Waals surface area (Å²) in [5, 5.41) is 3.77. The number of nitrogens with zero attached hydrogens (tertiary/aromatic N) is 2. The normalized spacial score (nSPS) is 11.2. The van der Waals surface area contributed by atoms with Crippen LogP contribution in [0.4, 0.5) is 13.9 Å². The van der Waals surface area contributed by atoms with Crippen molar-refractivity contribution < 1.29 is 13.6 Å². The Balaban J connectivity index is 1.66. The van der Waals surface area contributed by atoms with Crippen LogP contribution in [0.25, 0.3) is 21.1 Å². The highest BCUT2D eigenvalue weighted by molar-refractivity contribution is 7.22. The summed E-state index contributed by atoms with van der Waals surface area (Å²) in [6, 6.07) is 11.0.